The monoisotopic (exact) mass is 303 g/mol. The van der Waals surface area contributed by atoms with Gasteiger partial charge in [0.15, 0.2) is 0 Å². The van der Waals surface area contributed by atoms with Gasteiger partial charge in [-0.15, -0.1) is 0 Å². The first-order valence-electron chi connectivity index (χ1n) is 8.30. The summed E-state index contributed by atoms with van der Waals surface area (Å²) in [6.45, 7) is 7.82. The van der Waals surface area contributed by atoms with E-state index < -0.39 is 0 Å². The van der Waals surface area contributed by atoms with Crippen LogP contribution in [0.4, 0.5) is 0 Å². The van der Waals surface area contributed by atoms with E-state index in [1.54, 1.807) is 0 Å². The van der Waals surface area contributed by atoms with Crippen molar-refractivity contribution in [2.24, 2.45) is 0 Å². The van der Waals surface area contributed by atoms with E-state index in [1.165, 1.54) is 5.56 Å². The fourth-order valence-electron chi connectivity index (χ4n) is 2.76. The maximum atomic E-state index is 12.0. The number of carbonyl (C=O) groups is 1. The molecule has 1 aromatic rings. The van der Waals surface area contributed by atoms with Gasteiger partial charge in [0, 0.05) is 31.7 Å². The minimum absolute atomic E-state index is 0.151. The summed E-state index contributed by atoms with van der Waals surface area (Å²) in [6, 6.07) is 11.3. The Hall–Kier alpha value is -1.39. The van der Waals surface area contributed by atoms with Crippen molar-refractivity contribution in [1.29, 1.82) is 0 Å². The van der Waals surface area contributed by atoms with Gasteiger partial charge in [-0.3, -0.25) is 14.6 Å². The molecule has 1 N–H and O–H groups in total. The highest BCUT2D eigenvalue weighted by atomic mass is 16.2. The van der Waals surface area contributed by atoms with Gasteiger partial charge in [0.1, 0.15) is 0 Å². The van der Waals surface area contributed by atoms with Gasteiger partial charge in [0.25, 0.3) is 0 Å². The first-order valence-corrected chi connectivity index (χ1v) is 8.30. The van der Waals surface area contributed by atoms with E-state index in [4.69, 9.17) is 0 Å². The number of nitrogens with one attached hydrogen (secondary N) is 1. The van der Waals surface area contributed by atoms with Gasteiger partial charge < -0.3 is 5.32 Å². The molecule has 122 valence electrons. The minimum Gasteiger partial charge on any atom is -0.352 e. The normalized spacial score (nSPS) is 17.1. The molecular weight excluding hydrogens is 274 g/mol. The molecular formula is C18H29N3O. The highest BCUT2D eigenvalue weighted by Gasteiger charge is 2.21. The van der Waals surface area contributed by atoms with E-state index in [-0.39, 0.29) is 5.91 Å². The predicted octanol–water partition coefficient (Wildman–Crippen LogP) is 2.11. The number of carbonyl (C=O) groups excluding carboxylic acids is 1. The van der Waals surface area contributed by atoms with E-state index in [1.807, 2.05) is 7.05 Å². The summed E-state index contributed by atoms with van der Waals surface area (Å²) >= 11 is 0. The molecule has 0 saturated carbocycles. The Morgan fingerprint density at radius 1 is 1.27 bits per heavy atom. The van der Waals surface area contributed by atoms with Crippen LogP contribution in [-0.2, 0) is 11.3 Å². The highest BCUT2D eigenvalue weighted by Crippen LogP contribution is 2.13. The second-order valence-electron chi connectivity index (χ2n) is 6.61. The number of rotatable bonds is 6. The fourth-order valence-corrected chi connectivity index (χ4v) is 2.76. The summed E-state index contributed by atoms with van der Waals surface area (Å²) in [4.78, 5) is 16.6. The van der Waals surface area contributed by atoms with Crippen LogP contribution in [0.25, 0.3) is 0 Å². The Kier molecular flexibility index (Phi) is 6.40. The molecule has 0 radical (unpaired) electrons. The molecule has 1 amide bonds. The molecule has 1 aliphatic rings. The number of likely N-dealkylation sites (tertiary alicyclic amines) is 1. The number of hydrogen-bond donors (Lipinski definition) is 1. The third kappa shape index (κ3) is 5.43. The third-order valence-corrected chi connectivity index (χ3v) is 4.48. The Balaban J connectivity index is 1.70. The highest BCUT2D eigenvalue weighted by molar-refractivity contribution is 5.78. The van der Waals surface area contributed by atoms with Crippen molar-refractivity contribution >= 4 is 5.91 Å². The van der Waals surface area contributed by atoms with E-state index in [9.17, 15) is 4.79 Å². The summed E-state index contributed by atoms with van der Waals surface area (Å²) in [5.41, 5.74) is 1.36. The largest absolute Gasteiger partial charge is 0.352 e. The first-order chi connectivity index (χ1) is 10.5. The quantitative estimate of drug-likeness (QED) is 0.874. The number of benzene rings is 1. The summed E-state index contributed by atoms with van der Waals surface area (Å²) in [7, 11) is 1.99. The molecule has 4 heteroatoms. The van der Waals surface area contributed by atoms with Crippen LogP contribution >= 0.6 is 0 Å². The Morgan fingerprint density at radius 3 is 2.50 bits per heavy atom. The summed E-state index contributed by atoms with van der Waals surface area (Å²) < 4.78 is 0. The SMILES string of the molecule is CC(C)N(C)CC(=O)NC1CCN(Cc2ccccc2)CC1. The molecule has 22 heavy (non-hydrogen) atoms. The van der Waals surface area contributed by atoms with E-state index >= 15 is 0 Å². The average molecular weight is 303 g/mol. The molecule has 0 unspecified atom stereocenters. The predicted molar refractivity (Wildman–Crippen MR) is 90.6 cm³/mol. The molecule has 2 rings (SSSR count). The van der Waals surface area contributed by atoms with Crippen LogP contribution in [0.1, 0.15) is 32.3 Å². The molecule has 1 aliphatic heterocycles. The Morgan fingerprint density at radius 2 is 1.91 bits per heavy atom. The minimum atomic E-state index is 0.151. The number of hydrogen-bond acceptors (Lipinski definition) is 3. The van der Waals surface area contributed by atoms with Crippen molar-refractivity contribution in [2.75, 3.05) is 26.7 Å². The number of amides is 1. The molecule has 0 bridgehead atoms. The van der Waals surface area contributed by atoms with Crippen molar-refractivity contribution in [3.05, 3.63) is 35.9 Å². The summed E-state index contributed by atoms with van der Waals surface area (Å²) in [6.07, 6.45) is 2.09. The second-order valence-corrected chi connectivity index (χ2v) is 6.61. The van der Waals surface area contributed by atoms with Crippen LogP contribution in [-0.4, -0.2) is 54.5 Å². The molecule has 0 aliphatic carbocycles. The lowest BCUT2D eigenvalue weighted by atomic mass is 10.0. The maximum Gasteiger partial charge on any atom is 0.234 e. The zero-order chi connectivity index (χ0) is 15.9. The zero-order valence-corrected chi connectivity index (χ0v) is 14.1. The molecule has 0 atom stereocenters. The van der Waals surface area contributed by atoms with Crippen LogP contribution in [0.2, 0.25) is 0 Å². The summed E-state index contributed by atoms with van der Waals surface area (Å²) in [5, 5.41) is 3.18. The Bertz CT molecular complexity index is 453. The van der Waals surface area contributed by atoms with Crippen LogP contribution in [0.3, 0.4) is 0 Å². The lowest BCUT2D eigenvalue weighted by Gasteiger charge is -2.33. The van der Waals surface area contributed by atoms with E-state index in [2.05, 4.69) is 59.3 Å². The van der Waals surface area contributed by atoms with Crippen molar-refractivity contribution in [1.82, 2.24) is 15.1 Å². The second kappa shape index (κ2) is 8.30. The van der Waals surface area contributed by atoms with Gasteiger partial charge in [0.2, 0.25) is 5.91 Å². The molecule has 1 saturated heterocycles. The molecule has 0 spiro atoms. The number of likely N-dealkylation sites (N-methyl/N-ethyl adjacent to an activating group) is 1. The van der Waals surface area contributed by atoms with Gasteiger partial charge in [-0.05, 0) is 39.3 Å². The first kappa shape index (κ1) is 17.0. The van der Waals surface area contributed by atoms with Crippen molar-refractivity contribution in [2.45, 2.75) is 45.3 Å². The zero-order valence-electron chi connectivity index (χ0n) is 14.1. The van der Waals surface area contributed by atoms with Crippen LogP contribution in [0.5, 0.6) is 0 Å². The Labute approximate surface area is 134 Å². The third-order valence-electron chi connectivity index (χ3n) is 4.48. The number of piperidine rings is 1. The topological polar surface area (TPSA) is 35.6 Å². The lowest BCUT2D eigenvalue weighted by molar-refractivity contribution is -0.123. The molecule has 0 aromatic heterocycles. The van der Waals surface area contributed by atoms with Gasteiger partial charge >= 0.3 is 0 Å². The van der Waals surface area contributed by atoms with E-state index in [0.717, 1.165) is 32.5 Å². The van der Waals surface area contributed by atoms with Crippen molar-refractivity contribution < 1.29 is 4.79 Å². The van der Waals surface area contributed by atoms with Gasteiger partial charge in [-0.2, -0.15) is 0 Å². The molecule has 4 nitrogen and oxygen atoms in total. The van der Waals surface area contributed by atoms with Gasteiger partial charge in [-0.1, -0.05) is 30.3 Å². The van der Waals surface area contributed by atoms with Crippen molar-refractivity contribution in [3.63, 3.8) is 0 Å². The van der Waals surface area contributed by atoms with Crippen LogP contribution < -0.4 is 5.32 Å². The van der Waals surface area contributed by atoms with E-state index in [0.29, 0.717) is 18.6 Å². The molecule has 1 aromatic carbocycles. The van der Waals surface area contributed by atoms with Crippen molar-refractivity contribution in [3.8, 4) is 0 Å². The van der Waals surface area contributed by atoms with Crippen LogP contribution in [0, 0.1) is 0 Å². The van der Waals surface area contributed by atoms with Gasteiger partial charge in [0.05, 0.1) is 6.54 Å². The van der Waals surface area contributed by atoms with Gasteiger partial charge in [-0.25, -0.2) is 0 Å². The smallest absolute Gasteiger partial charge is 0.234 e. The standard InChI is InChI=1S/C18H29N3O/c1-15(2)20(3)14-18(22)19-17-9-11-21(12-10-17)13-16-7-5-4-6-8-16/h4-8,15,17H,9-14H2,1-3H3,(H,19,22). The average Bonchev–Trinajstić information content (AvgIpc) is 2.50. The maximum absolute atomic E-state index is 12.0. The molecule has 1 fully saturated rings. The number of nitrogens with zero attached hydrogens (tertiary/aromatic N) is 2. The molecule has 1 heterocycles. The summed E-state index contributed by atoms with van der Waals surface area (Å²) in [5.74, 6) is 0.151. The lowest BCUT2D eigenvalue weighted by Crippen LogP contribution is -2.47. The van der Waals surface area contributed by atoms with Crippen LogP contribution in [0.15, 0.2) is 30.3 Å². The fraction of sp³-hybridized carbons (Fsp3) is 0.611.